The molecule has 166 valence electrons. The number of benzene rings is 1. The second-order valence-electron chi connectivity index (χ2n) is 8.08. The molecule has 0 saturated carbocycles. The topological polar surface area (TPSA) is 128 Å². The number of pyridine rings is 1. The maximum atomic E-state index is 13.7. The molecule has 3 N–H and O–H groups in total. The maximum absolute atomic E-state index is 13.7. The fourth-order valence-corrected chi connectivity index (χ4v) is 5.51. The monoisotopic (exact) mass is 472 g/mol. The van der Waals surface area contributed by atoms with Crippen LogP contribution in [0.15, 0.2) is 48.7 Å². The van der Waals surface area contributed by atoms with E-state index in [1.807, 2.05) is 50.2 Å². The van der Waals surface area contributed by atoms with E-state index in [9.17, 15) is 9.83 Å². The van der Waals surface area contributed by atoms with Gasteiger partial charge in [-0.2, -0.15) is 5.26 Å². The van der Waals surface area contributed by atoms with Crippen LogP contribution in [0.4, 0.5) is 11.6 Å². The Kier molecular flexibility index (Phi) is 5.97. The molecule has 1 saturated heterocycles. The van der Waals surface area contributed by atoms with Crippen LogP contribution in [0.5, 0.6) is 0 Å². The zero-order valence-electron chi connectivity index (χ0n) is 17.5. The summed E-state index contributed by atoms with van der Waals surface area (Å²) in [6.45, 7) is 4.40. The van der Waals surface area contributed by atoms with Crippen molar-refractivity contribution in [3.63, 3.8) is 0 Å². The fraction of sp³-hybridized carbons (Fsp3) is 0.286. The molecule has 0 bridgehead atoms. The van der Waals surface area contributed by atoms with Crippen LogP contribution in [0.3, 0.4) is 0 Å². The average Bonchev–Trinajstić information content (AvgIpc) is 3.12. The van der Waals surface area contributed by atoms with Gasteiger partial charge in [0.25, 0.3) is 0 Å². The second-order valence-corrected chi connectivity index (χ2v) is 10.3. The normalized spacial score (nSPS) is 22.2. The molecular formula is C21H22ClN6O3P. The van der Waals surface area contributed by atoms with Crippen molar-refractivity contribution in [2.45, 2.75) is 26.5 Å². The van der Waals surface area contributed by atoms with E-state index in [-0.39, 0.29) is 23.8 Å². The number of nitrogen functional groups attached to an aromatic ring is 1. The molecule has 3 aromatic rings. The van der Waals surface area contributed by atoms with Gasteiger partial charge in [-0.25, -0.2) is 9.55 Å². The van der Waals surface area contributed by atoms with Crippen molar-refractivity contribution in [3.05, 3.63) is 70.5 Å². The SMILES string of the molecule is CC1(C)COP(=O)(n2nc(NCc3ccc(Cl)nc3)c(C#N)c2N)OC1c1ccccc1. The summed E-state index contributed by atoms with van der Waals surface area (Å²) in [5.74, 6) is 0.0718. The first-order valence-electron chi connectivity index (χ1n) is 9.85. The van der Waals surface area contributed by atoms with E-state index in [0.717, 1.165) is 15.6 Å². The number of hydrogen-bond donors (Lipinski definition) is 2. The zero-order valence-corrected chi connectivity index (χ0v) is 19.2. The number of nitriles is 1. The van der Waals surface area contributed by atoms with Gasteiger partial charge in [0.05, 0.1) is 6.61 Å². The van der Waals surface area contributed by atoms with Crippen LogP contribution < -0.4 is 11.1 Å². The summed E-state index contributed by atoms with van der Waals surface area (Å²) in [5.41, 5.74) is 7.43. The summed E-state index contributed by atoms with van der Waals surface area (Å²) in [4.78, 5) is 4.02. The van der Waals surface area contributed by atoms with Gasteiger partial charge in [-0.1, -0.05) is 61.8 Å². The molecule has 1 aromatic carbocycles. The fourth-order valence-electron chi connectivity index (χ4n) is 3.41. The number of anilines is 2. The van der Waals surface area contributed by atoms with E-state index in [1.54, 1.807) is 18.3 Å². The number of rotatable bonds is 5. The van der Waals surface area contributed by atoms with Gasteiger partial charge in [-0.3, -0.25) is 9.05 Å². The highest BCUT2D eigenvalue weighted by Gasteiger charge is 2.48. The summed E-state index contributed by atoms with van der Waals surface area (Å²) in [6.07, 6.45) is 1.08. The van der Waals surface area contributed by atoms with Crippen LogP contribution in [0, 0.1) is 16.7 Å². The van der Waals surface area contributed by atoms with Crippen molar-refractivity contribution < 1.29 is 13.6 Å². The van der Waals surface area contributed by atoms with Gasteiger partial charge in [0.2, 0.25) is 0 Å². The van der Waals surface area contributed by atoms with E-state index in [2.05, 4.69) is 15.4 Å². The summed E-state index contributed by atoms with van der Waals surface area (Å²) >= 11 is 5.81. The average molecular weight is 473 g/mol. The highest BCUT2D eigenvalue weighted by Crippen LogP contribution is 2.62. The standard InChI is InChI=1S/C21H22ClN6O3P/c1-21(2)13-30-32(29,31-18(21)15-6-4-3-5-7-15)28-19(24)16(10-23)20(27-28)26-12-14-8-9-17(22)25-11-14/h3-9,11,18H,12-13,24H2,1-2H3,(H,26,27). The predicted octanol–water partition coefficient (Wildman–Crippen LogP) is 4.77. The van der Waals surface area contributed by atoms with E-state index < -0.39 is 19.3 Å². The Bertz CT molecular complexity index is 1210. The van der Waals surface area contributed by atoms with Crippen LogP contribution in [0.2, 0.25) is 5.15 Å². The summed E-state index contributed by atoms with van der Waals surface area (Å²) in [6, 6.07) is 14.9. The lowest BCUT2D eigenvalue weighted by atomic mass is 9.83. The Morgan fingerprint density at radius 2 is 2.09 bits per heavy atom. The molecule has 2 atom stereocenters. The summed E-state index contributed by atoms with van der Waals surface area (Å²) in [7, 11) is -3.97. The van der Waals surface area contributed by atoms with Crippen LogP contribution in [-0.4, -0.2) is 21.1 Å². The molecule has 4 rings (SSSR count). The largest absolute Gasteiger partial charge is 0.457 e. The van der Waals surface area contributed by atoms with Crippen LogP contribution in [0.25, 0.3) is 0 Å². The molecule has 0 spiro atoms. The van der Waals surface area contributed by atoms with E-state index in [1.165, 1.54) is 0 Å². The van der Waals surface area contributed by atoms with Gasteiger partial charge in [0, 0.05) is 18.2 Å². The number of halogens is 1. The Balaban J connectivity index is 1.64. The third kappa shape index (κ3) is 4.23. The number of aromatic nitrogens is 3. The number of nitrogens with two attached hydrogens (primary N) is 1. The van der Waals surface area contributed by atoms with Gasteiger partial charge in [-0.05, 0) is 17.2 Å². The zero-order chi connectivity index (χ0) is 22.9. The third-order valence-corrected chi connectivity index (χ3v) is 7.07. The first kappa shape index (κ1) is 22.3. The number of nitrogens with one attached hydrogen (secondary N) is 1. The minimum atomic E-state index is -3.97. The first-order valence-corrected chi connectivity index (χ1v) is 11.7. The minimum Gasteiger partial charge on any atom is -0.382 e. The minimum absolute atomic E-state index is 0.0513. The molecule has 32 heavy (non-hydrogen) atoms. The van der Waals surface area contributed by atoms with Crippen LogP contribution >= 0.6 is 19.3 Å². The van der Waals surface area contributed by atoms with Gasteiger partial charge in [0.15, 0.2) is 11.6 Å². The van der Waals surface area contributed by atoms with Crippen LogP contribution in [-0.2, 0) is 20.2 Å². The van der Waals surface area contributed by atoms with Gasteiger partial charge in [0.1, 0.15) is 22.9 Å². The molecule has 1 fully saturated rings. The van der Waals surface area contributed by atoms with Crippen molar-refractivity contribution in [2.24, 2.45) is 5.41 Å². The van der Waals surface area contributed by atoms with Gasteiger partial charge in [-0.15, -0.1) is 9.55 Å². The smallest absolute Gasteiger partial charge is 0.382 e. The predicted molar refractivity (Wildman–Crippen MR) is 121 cm³/mol. The van der Waals surface area contributed by atoms with Crippen molar-refractivity contribution in [2.75, 3.05) is 17.7 Å². The summed E-state index contributed by atoms with van der Waals surface area (Å²) in [5, 5.41) is 17.3. The molecular weight excluding hydrogens is 451 g/mol. The van der Waals surface area contributed by atoms with Crippen molar-refractivity contribution in [3.8, 4) is 6.07 Å². The Morgan fingerprint density at radius 1 is 1.34 bits per heavy atom. The first-order chi connectivity index (χ1) is 15.2. The Labute approximate surface area is 190 Å². The molecule has 11 heteroatoms. The van der Waals surface area contributed by atoms with Crippen molar-refractivity contribution in [1.29, 1.82) is 5.26 Å². The quantitative estimate of drug-likeness (QED) is 0.401. The molecule has 1 aliphatic heterocycles. The Hall–Kier alpha value is -2.89. The molecule has 0 amide bonds. The third-order valence-electron chi connectivity index (χ3n) is 5.15. The molecule has 1 aliphatic rings. The molecule has 3 heterocycles. The van der Waals surface area contributed by atoms with Crippen LogP contribution in [0.1, 0.15) is 36.6 Å². The lowest BCUT2D eigenvalue weighted by Crippen LogP contribution is -2.34. The lowest BCUT2D eigenvalue weighted by Gasteiger charge is -2.41. The van der Waals surface area contributed by atoms with Crippen molar-refractivity contribution in [1.82, 2.24) is 14.5 Å². The Morgan fingerprint density at radius 3 is 2.75 bits per heavy atom. The van der Waals surface area contributed by atoms with Crippen molar-refractivity contribution >= 4 is 31.0 Å². The van der Waals surface area contributed by atoms with Gasteiger partial charge >= 0.3 is 7.75 Å². The highest BCUT2D eigenvalue weighted by molar-refractivity contribution is 7.52. The van der Waals surface area contributed by atoms with E-state index >= 15 is 0 Å². The molecule has 2 aromatic heterocycles. The molecule has 0 radical (unpaired) electrons. The molecule has 2 unspecified atom stereocenters. The number of hydrogen-bond acceptors (Lipinski definition) is 8. The van der Waals surface area contributed by atoms with E-state index in [0.29, 0.717) is 11.7 Å². The highest BCUT2D eigenvalue weighted by atomic mass is 35.5. The molecule has 0 aliphatic carbocycles. The maximum Gasteiger partial charge on any atom is 0.457 e. The second kappa shape index (κ2) is 8.57. The molecule has 9 nitrogen and oxygen atoms in total. The van der Waals surface area contributed by atoms with Gasteiger partial charge < -0.3 is 11.1 Å². The summed E-state index contributed by atoms with van der Waals surface area (Å²) < 4.78 is 26.4. The number of nitrogens with zero attached hydrogens (tertiary/aromatic N) is 4. The lowest BCUT2D eigenvalue weighted by molar-refractivity contribution is -0.0304. The van der Waals surface area contributed by atoms with E-state index in [4.69, 9.17) is 26.4 Å².